The van der Waals surface area contributed by atoms with Gasteiger partial charge in [-0.05, 0) is 56.2 Å². The lowest BCUT2D eigenvalue weighted by Gasteiger charge is -2.18. The SMILES string of the molecule is COCCNC(=O)c1ccc(NC(=O)C(C)Oc2c(C)cccc2C)cc1. The minimum atomic E-state index is -0.651. The van der Waals surface area contributed by atoms with Crippen LogP contribution in [-0.4, -0.2) is 38.2 Å². The third kappa shape index (κ3) is 5.82. The Labute approximate surface area is 159 Å². The topological polar surface area (TPSA) is 76.7 Å². The number of para-hydroxylation sites is 1. The van der Waals surface area contributed by atoms with Gasteiger partial charge in [0.25, 0.3) is 11.8 Å². The van der Waals surface area contributed by atoms with Crippen molar-refractivity contribution in [1.29, 1.82) is 0 Å². The summed E-state index contributed by atoms with van der Waals surface area (Å²) >= 11 is 0. The summed E-state index contributed by atoms with van der Waals surface area (Å²) in [4.78, 5) is 24.4. The number of hydrogen-bond acceptors (Lipinski definition) is 4. The molecule has 144 valence electrons. The lowest BCUT2D eigenvalue weighted by atomic mass is 10.1. The second-order valence-electron chi connectivity index (χ2n) is 6.30. The Morgan fingerprint density at radius 2 is 1.67 bits per heavy atom. The number of amides is 2. The first kappa shape index (κ1) is 20.5. The van der Waals surface area contributed by atoms with Crippen LogP contribution in [0.15, 0.2) is 42.5 Å². The van der Waals surface area contributed by atoms with Crippen molar-refractivity contribution >= 4 is 17.5 Å². The van der Waals surface area contributed by atoms with E-state index in [-0.39, 0.29) is 11.8 Å². The van der Waals surface area contributed by atoms with Crippen LogP contribution in [0.4, 0.5) is 5.69 Å². The highest BCUT2D eigenvalue weighted by Gasteiger charge is 2.17. The number of benzene rings is 2. The summed E-state index contributed by atoms with van der Waals surface area (Å²) in [5.74, 6) is 0.287. The number of carbonyl (C=O) groups excluding carboxylic acids is 2. The van der Waals surface area contributed by atoms with Crippen molar-refractivity contribution < 1.29 is 19.1 Å². The molecule has 0 saturated carbocycles. The second-order valence-corrected chi connectivity index (χ2v) is 6.30. The van der Waals surface area contributed by atoms with Gasteiger partial charge in [0.2, 0.25) is 0 Å². The Balaban J connectivity index is 1.94. The molecule has 0 radical (unpaired) electrons. The fraction of sp³-hybridized carbons (Fsp3) is 0.333. The molecule has 0 aliphatic rings. The van der Waals surface area contributed by atoms with Crippen LogP contribution in [0.25, 0.3) is 0 Å². The summed E-state index contributed by atoms with van der Waals surface area (Å²) in [6.45, 7) is 6.50. The van der Waals surface area contributed by atoms with Crippen LogP contribution in [0.3, 0.4) is 0 Å². The molecule has 6 nitrogen and oxygen atoms in total. The zero-order chi connectivity index (χ0) is 19.8. The minimum Gasteiger partial charge on any atom is -0.480 e. The van der Waals surface area contributed by atoms with E-state index in [1.165, 1.54) is 0 Å². The molecule has 27 heavy (non-hydrogen) atoms. The second kappa shape index (κ2) is 9.73. The Kier molecular flexibility index (Phi) is 7.37. The molecule has 0 bridgehead atoms. The summed E-state index contributed by atoms with van der Waals surface area (Å²) in [5, 5.41) is 5.55. The molecule has 0 spiro atoms. The van der Waals surface area contributed by atoms with Crippen LogP contribution < -0.4 is 15.4 Å². The molecule has 0 fully saturated rings. The Morgan fingerprint density at radius 1 is 1.04 bits per heavy atom. The van der Waals surface area contributed by atoms with Crippen LogP contribution in [0.2, 0.25) is 0 Å². The van der Waals surface area contributed by atoms with Gasteiger partial charge in [-0.3, -0.25) is 9.59 Å². The smallest absolute Gasteiger partial charge is 0.265 e. The zero-order valence-corrected chi connectivity index (χ0v) is 16.2. The molecular weight excluding hydrogens is 344 g/mol. The monoisotopic (exact) mass is 370 g/mol. The average Bonchev–Trinajstić information content (AvgIpc) is 2.65. The van der Waals surface area contributed by atoms with Crippen molar-refractivity contribution in [3.8, 4) is 5.75 Å². The summed E-state index contributed by atoms with van der Waals surface area (Å²) in [5.41, 5.74) is 3.09. The van der Waals surface area contributed by atoms with E-state index >= 15 is 0 Å². The number of nitrogens with one attached hydrogen (secondary N) is 2. The molecule has 0 aliphatic heterocycles. The van der Waals surface area contributed by atoms with E-state index in [1.807, 2.05) is 32.0 Å². The van der Waals surface area contributed by atoms with Crippen LogP contribution in [-0.2, 0) is 9.53 Å². The normalized spacial score (nSPS) is 11.6. The van der Waals surface area contributed by atoms with Crippen LogP contribution in [0, 0.1) is 13.8 Å². The Hall–Kier alpha value is -2.86. The van der Waals surface area contributed by atoms with Crippen LogP contribution >= 0.6 is 0 Å². The number of rotatable bonds is 8. The van der Waals surface area contributed by atoms with Gasteiger partial charge < -0.3 is 20.1 Å². The Morgan fingerprint density at radius 3 is 2.26 bits per heavy atom. The maximum absolute atomic E-state index is 12.4. The number of carbonyl (C=O) groups is 2. The summed E-state index contributed by atoms with van der Waals surface area (Å²) < 4.78 is 10.7. The zero-order valence-electron chi connectivity index (χ0n) is 16.2. The fourth-order valence-corrected chi connectivity index (χ4v) is 2.53. The molecule has 2 rings (SSSR count). The van der Waals surface area contributed by atoms with Crippen molar-refractivity contribution in [3.63, 3.8) is 0 Å². The molecular formula is C21H26N2O4. The predicted molar refractivity (Wildman–Crippen MR) is 105 cm³/mol. The minimum absolute atomic E-state index is 0.184. The van der Waals surface area contributed by atoms with Crippen molar-refractivity contribution in [1.82, 2.24) is 5.32 Å². The third-order valence-electron chi connectivity index (χ3n) is 4.08. The molecule has 2 amide bonds. The van der Waals surface area contributed by atoms with Gasteiger partial charge in [0.1, 0.15) is 5.75 Å². The Bertz CT molecular complexity index is 767. The number of ether oxygens (including phenoxy) is 2. The first-order chi connectivity index (χ1) is 12.9. The third-order valence-corrected chi connectivity index (χ3v) is 4.08. The van der Waals surface area contributed by atoms with Gasteiger partial charge in [-0.25, -0.2) is 0 Å². The summed E-state index contributed by atoms with van der Waals surface area (Å²) in [6.07, 6.45) is -0.651. The molecule has 2 N–H and O–H groups in total. The standard InChI is InChI=1S/C21H26N2O4/c1-14-6-5-7-15(2)19(14)27-16(3)20(24)23-18-10-8-17(9-11-18)21(25)22-12-13-26-4/h5-11,16H,12-13H2,1-4H3,(H,22,25)(H,23,24). The van der Waals surface area contributed by atoms with E-state index in [4.69, 9.17) is 9.47 Å². The molecule has 2 aromatic rings. The fourth-order valence-electron chi connectivity index (χ4n) is 2.53. The van der Waals surface area contributed by atoms with E-state index in [0.29, 0.717) is 24.4 Å². The number of aryl methyl sites for hydroxylation is 2. The number of hydrogen-bond donors (Lipinski definition) is 2. The van der Waals surface area contributed by atoms with Gasteiger partial charge in [-0.1, -0.05) is 18.2 Å². The van der Waals surface area contributed by atoms with Gasteiger partial charge in [0.05, 0.1) is 6.61 Å². The lowest BCUT2D eigenvalue weighted by molar-refractivity contribution is -0.122. The predicted octanol–water partition coefficient (Wildman–Crippen LogP) is 3.09. The molecule has 1 atom stereocenters. The van der Waals surface area contributed by atoms with Gasteiger partial charge in [0.15, 0.2) is 6.10 Å². The average molecular weight is 370 g/mol. The van der Waals surface area contributed by atoms with Crippen molar-refractivity contribution in [3.05, 3.63) is 59.2 Å². The quantitative estimate of drug-likeness (QED) is 0.700. The highest BCUT2D eigenvalue weighted by molar-refractivity contribution is 5.96. The number of anilines is 1. The van der Waals surface area contributed by atoms with Crippen molar-refractivity contribution in [2.75, 3.05) is 25.6 Å². The van der Waals surface area contributed by atoms with Gasteiger partial charge >= 0.3 is 0 Å². The molecule has 6 heteroatoms. The largest absolute Gasteiger partial charge is 0.480 e. The molecule has 0 aromatic heterocycles. The van der Waals surface area contributed by atoms with E-state index in [0.717, 1.165) is 16.9 Å². The number of methoxy groups -OCH3 is 1. The first-order valence-corrected chi connectivity index (χ1v) is 8.83. The van der Waals surface area contributed by atoms with E-state index in [1.54, 1.807) is 38.3 Å². The van der Waals surface area contributed by atoms with Crippen LogP contribution in [0.5, 0.6) is 5.75 Å². The maximum Gasteiger partial charge on any atom is 0.265 e. The van der Waals surface area contributed by atoms with E-state index in [9.17, 15) is 9.59 Å². The van der Waals surface area contributed by atoms with Crippen molar-refractivity contribution in [2.24, 2.45) is 0 Å². The molecule has 1 unspecified atom stereocenters. The molecule has 2 aromatic carbocycles. The van der Waals surface area contributed by atoms with Crippen molar-refractivity contribution in [2.45, 2.75) is 26.9 Å². The van der Waals surface area contributed by atoms with E-state index < -0.39 is 6.10 Å². The molecule has 0 heterocycles. The summed E-state index contributed by atoms with van der Waals surface area (Å²) in [7, 11) is 1.58. The molecule has 0 aliphatic carbocycles. The highest BCUT2D eigenvalue weighted by Crippen LogP contribution is 2.23. The van der Waals surface area contributed by atoms with Gasteiger partial charge in [0, 0.05) is 24.9 Å². The van der Waals surface area contributed by atoms with Gasteiger partial charge in [-0.2, -0.15) is 0 Å². The highest BCUT2D eigenvalue weighted by atomic mass is 16.5. The first-order valence-electron chi connectivity index (χ1n) is 8.83. The molecule has 0 saturated heterocycles. The van der Waals surface area contributed by atoms with Crippen LogP contribution in [0.1, 0.15) is 28.4 Å². The lowest BCUT2D eigenvalue weighted by Crippen LogP contribution is -2.30. The van der Waals surface area contributed by atoms with E-state index in [2.05, 4.69) is 10.6 Å². The maximum atomic E-state index is 12.4. The van der Waals surface area contributed by atoms with Gasteiger partial charge in [-0.15, -0.1) is 0 Å². The summed E-state index contributed by atoms with van der Waals surface area (Å²) in [6, 6.07) is 12.6.